The molecule has 26 heavy (non-hydrogen) atoms. The highest BCUT2D eigenvalue weighted by Crippen LogP contribution is 2.28. The van der Waals surface area contributed by atoms with Gasteiger partial charge in [0.15, 0.2) is 6.61 Å². The van der Waals surface area contributed by atoms with Gasteiger partial charge in [0.2, 0.25) is 5.91 Å². The Morgan fingerprint density at radius 1 is 1.12 bits per heavy atom. The Hall–Kier alpha value is -3.26. The molecule has 0 aliphatic carbocycles. The smallest absolute Gasteiger partial charge is 0.348 e. The SMILES string of the molecule is NC(=O)c1ccc(NC(=O)COC(=O)c2cc3c(F)cccc3s2)cc1. The molecule has 6 nitrogen and oxygen atoms in total. The molecule has 1 aromatic heterocycles. The molecule has 2 aromatic carbocycles. The van der Waals surface area contributed by atoms with Crippen molar-refractivity contribution in [2.45, 2.75) is 0 Å². The van der Waals surface area contributed by atoms with Crippen LogP contribution in [0.4, 0.5) is 10.1 Å². The Morgan fingerprint density at radius 3 is 2.50 bits per heavy atom. The number of rotatable bonds is 5. The van der Waals surface area contributed by atoms with Crippen LogP contribution < -0.4 is 11.1 Å². The highest BCUT2D eigenvalue weighted by Gasteiger charge is 2.15. The minimum Gasteiger partial charge on any atom is -0.451 e. The number of nitrogens with one attached hydrogen (secondary N) is 1. The van der Waals surface area contributed by atoms with E-state index in [4.69, 9.17) is 10.5 Å². The van der Waals surface area contributed by atoms with Crippen LogP contribution in [0.1, 0.15) is 20.0 Å². The molecule has 0 bridgehead atoms. The van der Waals surface area contributed by atoms with Gasteiger partial charge < -0.3 is 15.8 Å². The topological polar surface area (TPSA) is 98.5 Å². The van der Waals surface area contributed by atoms with Crippen molar-refractivity contribution < 1.29 is 23.5 Å². The van der Waals surface area contributed by atoms with E-state index in [1.165, 1.54) is 36.4 Å². The standard InChI is InChI=1S/C18H13FN2O4S/c19-13-2-1-3-14-12(13)8-15(26-14)18(24)25-9-16(22)21-11-6-4-10(5-7-11)17(20)23/h1-8H,9H2,(H2,20,23)(H,21,22). The van der Waals surface area contributed by atoms with Gasteiger partial charge in [0, 0.05) is 21.3 Å². The Morgan fingerprint density at radius 2 is 1.85 bits per heavy atom. The highest BCUT2D eigenvalue weighted by atomic mass is 32.1. The lowest BCUT2D eigenvalue weighted by Gasteiger charge is -2.06. The maximum absolute atomic E-state index is 13.7. The van der Waals surface area contributed by atoms with Crippen molar-refractivity contribution in [3.63, 3.8) is 0 Å². The van der Waals surface area contributed by atoms with Gasteiger partial charge in [-0.25, -0.2) is 9.18 Å². The minimum absolute atomic E-state index is 0.212. The molecule has 0 spiro atoms. The molecule has 0 fully saturated rings. The first kappa shape index (κ1) is 17.6. The molecule has 0 unspecified atom stereocenters. The summed E-state index contributed by atoms with van der Waals surface area (Å²) in [6.07, 6.45) is 0. The van der Waals surface area contributed by atoms with Crippen molar-refractivity contribution in [1.29, 1.82) is 0 Å². The summed E-state index contributed by atoms with van der Waals surface area (Å²) in [7, 11) is 0. The first-order chi connectivity index (χ1) is 12.4. The first-order valence-electron chi connectivity index (χ1n) is 7.49. The van der Waals surface area contributed by atoms with Gasteiger partial charge in [0.05, 0.1) is 0 Å². The van der Waals surface area contributed by atoms with E-state index in [1.54, 1.807) is 12.1 Å². The number of carbonyl (C=O) groups excluding carboxylic acids is 3. The van der Waals surface area contributed by atoms with Gasteiger partial charge in [0.25, 0.3) is 5.91 Å². The summed E-state index contributed by atoms with van der Waals surface area (Å²) >= 11 is 1.09. The normalized spacial score (nSPS) is 10.5. The summed E-state index contributed by atoms with van der Waals surface area (Å²) in [4.78, 5) is 35.1. The van der Waals surface area contributed by atoms with E-state index in [9.17, 15) is 18.8 Å². The van der Waals surface area contributed by atoms with E-state index >= 15 is 0 Å². The Bertz CT molecular complexity index is 998. The van der Waals surface area contributed by atoms with Crippen LogP contribution in [-0.4, -0.2) is 24.4 Å². The second-order valence-electron chi connectivity index (χ2n) is 5.33. The molecule has 2 amide bonds. The third kappa shape index (κ3) is 3.86. The predicted molar refractivity (Wildman–Crippen MR) is 95.7 cm³/mol. The fraction of sp³-hybridized carbons (Fsp3) is 0.0556. The summed E-state index contributed by atoms with van der Waals surface area (Å²) in [5, 5.41) is 2.86. The van der Waals surface area contributed by atoms with Crippen LogP contribution in [0.25, 0.3) is 10.1 Å². The van der Waals surface area contributed by atoms with Crippen molar-refractivity contribution in [1.82, 2.24) is 0 Å². The Kier molecular flexibility index (Phi) is 4.94. The van der Waals surface area contributed by atoms with Crippen LogP contribution in [0.15, 0.2) is 48.5 Å². The summed E-state index contributed by atoms with van der Waals surface area (Å²) < 4.78 is 19.2. The largest absolute Gasteiger partial charge is 0.451 e. The van der Waals surface area contributed by atoms with Crippen LogP contribution in [0.3, 0.4) is 0 Å². The Balaban J connectivity index is 1.58. The quantitative estimate of drug-likeness (QED) is 0.673. The van der Waals surface area contributed by atoms with Crippen LogP contribution >= 0.6 is 11.3 Å². The van der Waals surface area contributed by atoms with E-state index in [1.807, 2.05) is 0 Å². The number of ether oxygens (including phenoxy) is 1. The van der Waals surface area contributed by atoms with Crippen molar-refractivity contribution in [3.05, 3.63) is 64.8 Å². The molecule has 1 heterocycles. The van der Waals surface area contributed by atoms with Crippen molar-refractivity contribution in [2.24, 2.45) is 5.73 Å². The number of nitrogens with two attached hydrogens (primary N) is 1. The molecule has 0 atom stereocenters. The maximum Gasteiger partial charge on any atom is 0.348 e. The second-order valence-corrected chi connectivity index (χ2v) is 6.41. The molecule has 3 rings (SSSR count). The van der Waals surface area contributed by atoms with Crippen LogP contribution in [0.2, 0.25) is 0 Å². The van der Waals surface area contributed by atoms with Gasteiger partial charge in [0.1, 0.15) is 10.7 Å². The molecule has 8 heteroatoms. The van der Waals surface area contributed by atoms with Crippen LogP contribution in [-0.2, 0) is 9.53 Å². The first-order valence-corrected chi connectivity index (χ1v) is 8.30. The van der Waals surface area contributed by atoms with Gasteiger partial charge in [-0.05, 0) is 42.5 Å². The van der Waals surface area contributed by atoms with E-state index in [-0.39, 0.29) is 4.88 Å². The van der Waals surface area contributed by atoms with Crippen molar-refractivity contribution in [3.8, 4) is 0 Å². The fourth-order valence-electron chi connectivity index (χ4n) is 2.24. The van der Waals surface area contributed by atoms with Crippen LogP contribution in [0, 0.1) is 5.82 Å². The Labute approximate surface area is 151 Å². The number of halogens is 1. The lowest BCUT2D eigenvalue weighted by Crippen LogP contribution is -2.20. The molecule has 3 aromatic rings. The highest BCUT2D eigenvalue weighted by molar-refractivity contribution is 7.20. The molecule has 0 aliphatic rings. The molecule has 0 saturated carbocycles. The number of anilines is 1. The van der Waals surface area contributed by atoms with Gasteiger partial charge in [-0.15, -0.1) is 11.3 Å². The molecule has 0 radical (unpaired) electrons. The van der Waals surface area contributed by atoms with Gasteiger partial charge >= 0.3 is 5.97 Å². The maximum atomic E-state index is 13.7. The predicted octanol–water partition coefficient (Wildman–Crippen LogP) is 2.93. The minimum atomic E-state index is -0.704. The third-order valence-electron chi connectivity index (χ3n) is 3.50. The van der Waals surface area contributed by atoms with Gasteiger partial charge in [-0.1, -0.05) is 6.07 Å². The number of amides is 2. The number of hydrogen-bond acceptors (Lipinski definition) is 5. The fourth-order valence-corrected chi connectivity index (χ4v) is 3.21. The molecular formula is C18H13FN2O4S. The molecular weight excluding hydrogens is 359 g/mol. The molecule has 0 aliphatic heterocycles. The summed E-state index contributed by atoms with van der Waals surface area (Å²) in [5.41, 5.74) is 5.87. The van der Waals surface area contributed by atoms with Crippen LogP contribution in [0.5, 0.6) is 0 Å². The van der Waals surface area contributed by atoms with Gasteiger partial charge in [-0.2, -0.15) is 0 Å². The second kappa shape index (κ2) is 7.32. The number of benzene rings is 2. The number of carbonyl (C=O) groups is 3. The average molecular weight is 372 g/mol. The number of hydrogen-bond donors (Lipinski definition) is 2. The number of primary amides is 1. The van der Waals surface area contributed by atoms with E-state index in [0.29, 0.717) is 21.3 Å². The average Bonchev–Trinajstić information content (AvgIpc) is 3.06. The van der Waals surface area contributed by atoms with E-state index in [2.05, 4.69) is 5.32 Å². The molecule has 132 valence electrons. The third-order valence-corrected chi connectivity index (χ3v) is 4.58. The number of fused-ring (bicyclic) bond motifs is 1. The summed E-state index contributed by atoms with van der Waals surface area (Å²) in [6.45, 7) is -0.493. The zero-order valence-corrected chi connectivity index (χ0v) is 14.1. The molecule has 0 saturated heterocycles. The summed E-state index contributed by atoms with van der Waals surface area (Å²) in [5.74, 6) is -2.24. The van der Waals surface area contributed by atoms with E-state index < -0.39 is 30.2 Å². The van der Waals surface area contributed by atoms with Crippen molar-refractivity contribution >= 4 is 44.9 Å². The zero-order valence-electron chi connectivity index (χ0n) is 13.3. The van der Waals surface area contributed by atoms with E-state index in [0.717, 1.165) is 11.3 Å². The lowest BCUT2D eigenvalue weighted by molar-refractivity contribution is -0.119. The zero-order chi connectivity index (χ0) is 18.7. The monoisotopic (exact) mass is 372 g/mol. The van der Waals surface area contributed by atoms with Crippen molar-refractivity contribution in [2.75, 3.05) is 11.9 Å². The van der Waals surface area contributed by atoms with Gasteiger partial charge in [-0.3, -0.25) is 9.59 Å². The number of esters is 1. The number of thiophene rings is 1. The summed E-state index contributed by atoms with van der Waals surface area (Å²) in [6, 6.07) is 11.9. The lowest BCUT2D eigenvalue weighted by atomic mass is 10.2. The molecule has 3 N–H and O–H groups in total.